The van der Waals surface area contributed by atoms with Crippen LogP contribution in [0.3, 0.4) is 0 Å². The highest BCUT2D eigenvalue weighted by Gasteiger charge is 2.53. The molecule has 0 unspecified atom stereocenters. The average Bonchev–Trinajstić information content (AvgIpc) is 3.77. The van der Waals surface area contributed by atoms with Gasteiger partial charge in [-0.2, -0.15) is 4.72 Å². The first-order valence-corrected chi connectivity index (χ1v) is 16.5. The first-order valence-electron chi connectivity index (χ1n) is 15.0. The second-order valence-corrected chi connectivity index (χ2v) is 13.5. The van der Waals surface area contributed by atoms with E-state index in [9.17, 15) is 27.9 Å². The van der Waals surface area contributed by atoms with E-state index in [2.05, 4.69) is 30.5 Å². The number of hydrogen-bond donors (Lipinski definition) is 4. The van der Waals surface area contributed by atoms with E-state index in [0.29, 0.717) is 24.1 Å². The number of ether oxygens (including phenoxy) is 1. The monoisotopic (exact) mass is 667 g/mol. The van der Waals surface area contributed by atoms with Crippen LogP contribution in [-0.4, -0.2) is 98.1 Å². The summed E-state index contributed by atoms with van der Waals surface area (Å²) in [5.74, 6) is -2.19. The lowest BCUT2D eigenvalue weighted by molar-refractivity contribution is -0.138. The Morgan fingerprint density at radius 3 is 2.45 bits per heavy atom. The summed E-state index contributed by atoms with van der Waals surface area (Å²) in [5.41, 5.74) is 1.59. The molecule has 0 bridgehead atoms. The maximum Gasteiger partial charge on any atom is 0.410 e. The Hall–Kier alpha value is -4.67. The minimum absolute atomic E-state index is 0.0140. The summed E-state index contributed by atoms with van der Waals surface area (Å²) in [4.78, 5) is 54.0. The van der Waals surface area contributed by atoms with Crippen molar-refractivity contribution >= 4 is 46.1 Å². The topological polar surface area (TPSA) is 200 Å². The van der Waals surface area contributed by atoms with Gasteiger partial charge in [-0.1, -0.05) is 53.2 Å². The van der Waals surface area contributed by atoms with E-state index in [-0.39, 0.29) is 30.2 Å². The van der Waals surface area contributed by atoms with Crippen molar-refractivity contribution in [1.82, 2.24) is 20.3 Å². The fourth-order valence-corrected chi connectivity index (χ4v) is 7.66. The quantitative estimate of drug-likeness (QED) is 0.258. The molecule has 1 spiro atoms. The van der Waals surface area contributed by atoms with E-state index in [4.69, 9.17) is 9.57 Å². The smallest absolute Gasteiger partial charge is 0.410 e. The average molecular weight is 668 g/mol. The third-order valence-corrected chi connectivity index (χ3v) is 9.82. The van der Waals surface area contributed by atoms with Crippen molar-refractivity contribution in [2.24, 2.45) is 15.1 Å². The number of nitrogens with zero attached hydrogens (tertiary/aromatic N) is 4. The lowest BCUT2D eigenvalue weighted by atomic mass is 9.94. The molecular formula is C31H37N7O8S. The van der Waals surface area contributed by atoms with Gasteiger partial charge in [0.05, 0.1) is 17.5 Å². The number of aliphatic carboxylic acids is 1. The second kappa shape index (κ2) is 14.0. The predicted molar refractivity (Wildman–Crippen MR) is 172 cm³/mol. The van der Waals surface area contributed by atoms with Gasteiger partial charge in [0.15, 0.2) is 11.9 Å². The van der Waals surface area contributed by atoms with Gasteiger partial charge in [0.1, 0.15) is 18.4 Å². The van der Waals surface area contributed by atoms with Crippen LogP contribution in [0.25, 0.3) is 0 Å². The van der Waals surface area contributed by atoms with Crippen molar-refractivity contribution < 1.29 is 37.5 Å². The summed E-state index contributed by atoms with van der Waals surface area (Å²) in [5, 5.41) is 19.4. The van der Waals surface area contributed by atoms with Gasteiger partial charge in [0.25, 0.3) is 5.91 Å². The summed E-state index contributed by atoms with van der Waals surface area (Å²) in [6, 6.07) is 10.6. The van der Waals surface area contributed by atoms with Gasteiger partial charge in [0.2, 0.25) is 10.0 Å². The first-order chi connectivity index (χ1) is 22.4. The Bertz CT molecular complexity index is 1700. The molecule has 3 aliphatic rings. The van der Waals surface area contributed by atoms with Gasteiger partial charge in [-0.25, -0.2) is 13.2 Å². The van der Waals surface area contributed by atoms with Crippen LogP contribution in [-0.2, 0) is 35.8 Å². The number of rotatable bonds is 12. The Balaban J connectivity index is 1.21. The first kappa shape index (κ1) is 33.7. The zero-order valence-corrected chi connectivity index (χ0v) is 27.0. The fourth-order valence-electron chi connectivity index (χ4n) is 6.02. The number of benzene rings is 2. The second-order valence-electron chi connectivity index (χ2n) is 11.8. The van der Waals surface area contributed by atoms with Crippen LogP contribution in [0, 0.1) is 20.8 Å². The number of hydrogen-bond acceptors (Lipinski definition) is 11. The zero-order chi connectivity index (χ0) is 33.8. The minimum atomic E-state index is -4.23. The van der Waals surface area contributed by atoms with Crippen molar-refractivity contribution in [1.29, 1.82) is 0 Å². The number of carbonyl (C=O) groups is 3. The van der Waals surface area contributed by atoms with Gasteiger partial charge in [-0.15, -0.1) is 0 Å². The molecule has 3 heterocycles. The highest BCUT2D eigenvalue weighted by atomic mass is 32.2. The summed E-state index contributed by atoms with van der Waals surface area (Å²) in [7, 11) is -4.23. The number of carbonyl (C=O) groups excluding carboxylic acids is 2. The molecule has 4 N–H and O–H groups in total. The van der Waals surface area contributed by atoms with E-state index in [1.165, 1.54) is 4.90 Å². The molecule has 1 fully saturated rings. The molecule has 0 saturated carbocycles. The van der Waals surface area contributed by atoms with E-state index < -0.39 is 58.5 Å². The molecule has 2 amide bonds. The third-order valence-electron chi connectivity index (χ3n) is 8.04. The molecule has 5 rings (SSSR count). The largest absolute Gasteiger partial charge is 0.480 e. The number of aliphatic imine (C=N–C) groups is 2. The Morgan fingerprint density at radius 2 is 1.79 bits per heavy atom. The van der Waals surface area contributed by atoms with E-state index >= 15 is 0 Å². The molecule has 0 aromatic heterocycles. The number of oxime groups is 1. The van der Waals surface area contributed by atoms with Crippen molar-refractivity contribution in [2.75, 3.05) is 19.6 Å². The van der Waals surface area contributed by atoms with Crippen molar-refractivity contribution in [3.63, 3.8) is 0 Å². The summed E-state index contributed by atoms with van der Waals surface area (Å²) < 4.78 is 34.1. The fraction of sp³-hybridized carbons (Fsp3) is 0.419. The van der Waals surface area contributed by atoms with Crippen LogP contribution in [0.5, 0.6) is 0 Å². The molecule has 2 aromatic rings. The molecule has 0 aliphatic carbocycles. The minimum Gasteiger partial charge on any atom is -0.480 e. The van der Waals surface area contributed by atoms with Crippen molar-refractivity contribution in [3.8, 4) is 0 Å². The molecule has 0 radical (unpaired) electrons. The number of nitrogens with one attached hydrogen (secondary N) is 3. The highest BCUT2D eigenvalue weighted by Crippen LogP contribution is 2.38. The van der Waals surface area contributed by atoms with Gasteiger partial charge in [0, 0.05) is 38.4 Å². The third kappa shape index (κ3) is 8.01. The highest BCUT2D eigenvalue weighted by molar-refractivity contribution is 7.89. The number of sulfonamides is 1. The Morgan fingerprint density at radius 1 is 1.11 bits per heavy atom. The number of carboxylic acids is 1. The molecule has 3 atom stereocenters. The molecule has 2 aromatic carbocycles. The summed E-state index contributed by atoms with van der Waals surface area (Å²) in [6.07, 6.45) is 2.45. The summed E-state index contributed by atoms with van der Waals surface area (Å²) in [6.45, 7) is 5.01. The lowest BCUT2D eigenvalue weighted by Gasteiger charge is -2.24. The van der Waals surface area contributed by atoms with Crippen LogP contribution in [0.4, 0.5) is 4.79 Å². The van der Waals surface area contributed by atoms with Gasteiger partial charge < -0.3 is 20.0 Å². The molecule has 3 aliphatic heterocycles. The standard InChI is InChI=1S/C31H37N7O8S/c1-19-11-20(2)26(21(3)12-19)47(43,44)37-25(28(40)41)16-34-27(39)24-14-31(46-36-24)13-23(15-35-29-32-9-10-33-29)38(18-31)30(42)45-17-22-7-5-4-6-8-22/h4-12,23,25,29,35,37H,13-18H2,1-3H3,(H,34,39)(H,40,41)/t23-,25-,31-/m0/s1. The van der Waals surface area contributed by atoms with Crippen molar-refractivity contribution in [2.45, 2.75) is 69.1 Å². The molecule has 250 valence electrons. The van der Waals surface area contributed by atoms with E-state index in [1.54, 1.807) is 38.4 Å². The van der Waals surface area contributed by atoms with Crippen LogP contribution in [0.15, 0.2) is 62.5 Å². The lowest BCUT2D eigenvalue weighted by Crippen LogP contribution is -2.49. The SMILES string of the molecule is Cc1cc(C)c(S(=O)(=O)N[C@@H](CNC(=O)C2=NO[C@]3(C2)C[C@@H](CNC2N=CC=N2)N(C(=O)OCc2ccccc2)C3)C(=O)O)c(C)c1. The maximum absolute atomic E-state index is 13.2. The number of aryl methyl sites for hydroxylation is 3. The maximum atomic E-state index is 13.2. The molecule has 15 nitrogen and oxygen atoms in total. The number of amides is 2. The predicted octanol–water partition coefficient (Wildman–Crippen LogP) is 1.41. The van der Waals surface area contributed by atoms with Crippen LogP contribution in [0.1, 0.15) is 35.1 Å². The number of likely N-dealkylation sites (tertiary alicyclic amines) is 1. The summed E-state index contributed by atoms with van der Waals surface area (Å²) >= 11 is 0. The van der Waals surface area contributed by atoms with E-state index in [0.717, 1.165) is 11.1 Å². The van der Waals surface area contributed by atoms with Crippen LogP contribution >= 0.6 is 0 Å². The van der Waals surface area contributed by atoms with Gasteiger partial charge in [-0.3, -0.25) is 29.8 Å². The molecule has 47 heavy (non-hydrogen) atoms. The number of carboxylic acid groups (broad SMARTS) is 1. The zero-order valence-electron chi connectivity index (χ0n) is 26.2. The van der Waals surface area contributed by atoms with Gasteiger partial charge in [-0.05, 0) is 37.5 Å². The normalized spacial score (nSPS) is 21.1. The van der Waals surface area contributed by atoms with Crippen LogP contribution < -0.4 is 15.4 Å². The molecule has 16 heteroatoms. The van der Waals surface area contributed by atoms with Gasteiger partial charge >= 0.3 is 12.1 Å². The molecular weight excluding hydrogens is 630 g/mol. The molecule has 1 saturated heterocycles. The van der Waals surface area contributed by atoms with E-state index in [1.807, 2.05) is 37.3 Å². The Kier molecular flexibility index (Phi) is 10.0. The van der Waals surface area contributed by atoms with Crippen molar-refractivity contribution in [3.05, 3.63) is 64.7 Å². The van der Waals surface area contributed by atoms with Crippen LogP contribution in [0.2, 0.25) is 0 Å². The Labute approximate surface area is 272 Å².